The van der Waals surface area contributed by atoms with E-state index >= 15 is 0 Å². The Morgan fingerprint density at radius 1 is 1.33 bits per heavy atom. The van der Waals surface area contributed by atoms with Crippen molar-refractivity contribution in [2.45, 2.75) is 6.04 Å². The first-order valence-electron chi connectivity index (χ1n) is 5.34. The number of morpholine rings is 1. The van der Waals surface area contributed by atoms with Gasteiger partial charge in [0.2, 0.25) is 5.91 Å². The van der Waals surface area contributed by atoms with Crippen molar-refractivity contribution in [1.82, 2.24) is 5.32 Å². The van der Waals surface area contributed by atoms with Gasteiger partial charge in [-0.3, -0.25) is 4.79 Å². The number of amides is 1. The molecule has 7 heteroatoms. The van der Waals surface area contributed by atoms with Gasteiger partial charge < -0.3 is 15.4 Å². The smallest absolute Gasteiger partial charge is 0.243 e. The Labute approximate surface area is 130 Å². The molecule has 2 rings (SSSR count). The van der Waals surface area contributed by atoms with Crippen LogP contribution in [0.2, 0.25) is 0 Å². The van der Waals surface area contributed by atoms with Gasteiger partial charge in [-0.1, -0.05) is 15.9 Å². The average Bonchev–Trinajstić information content (AvgIpc) is 2.34. The molecule has 0 spiro atoms. The minimum atomic E-state index is -0.304. The van der Waals surface area contributed by atoms with E-state index in [1.54, 1.807) is 0 Å². The molecule has 1 fully saturated rings. The van der Waals surface area contributed by atoms with Crippen LogP contribution in [0.15, 0.2) is 25.6 Å². The molecule has 0 aromatic heterocycles. The van der Waals surface area contributed by atoms with Crippen molar-refractivity contribution in [1.29, 1.82) is 0 Å². The first-order valence-corrected chi connectivity index (χ1v) is 7.72. The normalized spacial score (nSPS) is 19.6. The first kappa shape index (κ1) is 14.5. The van der Waals surface area contributed by atoms with Crippen LogP contribution in [0.4, 0.5) is 5.69 Å². The molecule has 98 valence electrons. The third-order valence-corrected chi connectivity index (χ3v) is 4.20. The third-order valence-electron chi connectivity index (χ3n) is 2.49. The number of halogens is 3. The molecule has 0 radical (unpaired) electrons. The fourth-order valence-corrected chi connectivity index (χ4v) is 4.06. The minimum absolute atomic E-state index is 0.0987. The minimum Gasteiger partial charge on any atom is -0.378 e. The molecule has 0 bridgehead atoms. The standard InChI is InChI=1S/C11H11Br3N2O2/c12-6-3-7(13)10(8(14)4-6)16-11(17)9-5-18-2-1-15-9/h3-4,9,15H,1-2,5H2,(H,16,17). The van der Waals surface area contributed by atoms with Crippen molar-refractivity contribution in [2.24, 2.45) is 0 Å². The van der Waals surface area contributed by atoms with Crippen LogP contribution in [0.3, 0.4) is 0 Å². The molecule has 1 saturated heterocycles. The summed E-state index contributed by atoms with van der Waals surface area (Å²) in [6.07, 6.45) is 0. The molecular formula is C11H11Br3N2O2. The summed E-state index contributed by atoms with van der Waals surface area (Å²) in [5.41, 5.74) is 0.718. The Morgan fingerprint density at radius 2 is 2.00 bits per heavy atom. The Kier molecular flexibility index (Phi) is 5.20. The monoisotopic (exact) mass is 440 g/mol. The summed E-state index contributed by atoms with van der Waals surface area (Å²) in [6, 6.07) is 3.46. The van der Waals surface area contributed by atoms with Crippen molar-refractivity contribution in [2.75, 3.05) is 25.1 Å². The van der Waals surface area contributed by atoms with Crippen LogP contribution in [-0.4, -0.2) is 31.7 Å². The lowest BCUT2D eigenvalue weighted by atomic mass is 10.2. The molecule has 0 aliphatic carbocycles. The highest BCUT2D eigenvalue weighted by Gasteiger charge is 2.22. The van der Waals surface area contributed by atoms with Gasteiger partial charge in [-0.05, 0) is 44.0 Å². The average molecular weight is 443 g/mol. The number of anilines is 1. The summed E-state index contributed by atoms with van der Waals surface area (Å²) in [4.78, 5) is 12.0. The van der Waals surface area contributed by atoms with Crippen LogP contribution in [0.5, 0.6) is 0 Å². The zero-order valence-electron chi connectivity index (χ0n) is 9.30. The number of carbonyl (C=O) groups is 1. The van der Waals surface area contributed by atoms with Crippen molar-refractivity contribution in [3.8, 4) is 0 Å². The van der Waals surface area contributed by atoms with Crippen molar-refractivity contribution >= 4 is 59.4 Å². The fourth-order valence-electron chi connectivity index (χ4n) is 1.61. The van der Waals surface area contributed by atoms with Crippen molar-refractivity contribution < 1.29 is 9.53 Å². The van der Waals surface area contributed by atoms with Gasteiger partial charge in [0.15, 0.2) is 0 Å². The molecule has 18 heavy (non-hydrogen) atoms. The van der Waals surface area contributed by atoms with E-state index in [2.05, 4.69) is 58.4 Å². The van der Waals surface area contributed by atoms with E-state index in [-0.39, 0.29) is 11.9 Å². The molecule has 1 aromatic carbocycles. The highest BCUT2D eigenvalue weighted by Crippen LogP contribution is 2.34. The first-order chi connectivity index (χ1) is 8.58. The van der Waals surface area contributed by atoms with E-state index in [0.29, 0.717) is 19.8 Å². The van der Waals surface area contributed by atoms with Crippen LogP contribution in [0, 0.1) is 0 Å². The van der Waals surface area contributed by atoms with E-state index in [0.717, 1.165) is 19.1 Å². The maximum Gasteiger partial charge on any atom is 0.243 e. The van der Waals surface area contributed by atoms with Gasteiger partial charge in [-0.15, -0.1) is 0 Å². The molecule has 1 aliphatic rings. The molecule has 1 heterocycles. The molecular weight excluding hydrogens is 432 g/mol. The van der Waals surface area contributed by atoms with E-state index in [1.807, 2.05) is 12.1 Å². The van der Waals surface area contributed by atoms with Crippen LogP contribution in [0.25, 0.3) is 0 Å². The molecule has 1 unspecified atom stereocenters. The summed E-state index contributed by atoms with van der Waals surface area (Å²) < 4.78 is 7.82. The zero-order chi connectivity index (χ0) is 13.1. The molecule has 1 aromatic rings. The van der Waals surface area contributed by atoms with E-state index in [1.165, 1.54) is 0 Å². The number of rotatable bonds is 2. The second-order valence-electron chi connectivity index (χ2n) is 3.82. The lowest BCUT2D eigenvalue weighted by molar-refractivity contribution is -0.120. The number of hydrogen-bond donors (Lipinski definition) is 2. The molecule has 1 aliphatic heterocycles. The summed E-state index contributed by atoms with van der Waals surface area (Å²) >= 11 is 10.2. The number of nitrogens with one attached hydrogen (secondary N) is 2. The number of hydrogen-bond acceptors (Lipinski definition) is 3. The second-order valence-corrected chi connectivity index (χ2v) is 6.44. The summed E-state index contributed by atoms with van der Waals surface area (Å²) in [6.45, 7) is 1.74. The van der Waals surface area contributed by atoms with Gasteiger partial charge in [0.05, 0.1) is 18.9 Å². The molecule has 1 amide bonds. The van der Waals surface area contributed by atoms with Gasteiger partial charge in [0, 0.05) is 20.0 Å². The van der Waals surface area contributed by atoms with E-state index in [9.17, 15) is 4.79 Å². The van der Waals surface area contributed by atoms with Crippen LogP contribution < -0.4 is 10.6 Å². The van der Waals surface area contributed by atoms with Gasteiger partial charge in [-0.2, -0.15) is 0 Å². The molecule has 1 atom stereocenters. The maximum absolute atomic E-state index is 12.0. The number of ether oxygens (including phenoxy) is 1. The zero-order valence-corrected chi connectivity index (χ0v) is 14.1. The third kappa shape index (κ3) is 3.54. The lowest BCUT2D eigenvalue weighted by Gasteiger charge is -2.23. The van der Waals surface area contributed by atoms with Crippen LogP contribution in [0.1, 0.15) is 0 Å². The highest BCUT2D eigenvalue weighted by molar-refractivity contribution is 9.11. The summed E-state index contributed by atoms with van der Waals surface area (Å²) in [5.74, 6) is -0.0987. The molecule has 4 nitrogen and oxygen atoms in total. The van der Waals surface area contributed by atoms with Crippen LogP contribution >= 0.6 is 47.8 Å². The Bertz CT molecular complexity index is 439. The largest absolute Gasteiger partial charge is 0.378 e. The predicted molar refractivity (Wildman–Crippen MR) is 80.8 cm³/mol. The Morgan fingerprint density at radius 3 is 2.56 bits per heavy atom. The second kappa shape index (κ2) is 6.47. The quantitative estimate of drug-likeness (QED) is 0.740. The van der Waals surface area contributed by atoms with Gasteiger partial charge in [0.25, 0.3) is 0 Å². The number of benzene rings is 1. The summed E-state index contributed by atoms with van der Waals surface area (Å²) in [5, 5.41) is 5.99. The molecule has 2 N–H and O–H groups in total. The Hall–Kier alpha value is 0.0500. The predicted octanol–water partition coefficient (Wildman–Crippen LogP) is 2.90. The van der Waals surface area contributed by atoms with Crippen molar-refractivity contribution in [3.05, 3.63) is 25.6 Å². The van der Waals surface area contributed by atoms with Crippen LogP contribution in [-0.2, 0) is 9.53 Å². The van der Waals surface area contributed by atoms with Gasteiger partial charge >= 0.3 is 0 Å². The number of carbonyl (C=O) groups excluding carboxylic acids is 1. The fraction of sp³-hybridized carbons (Fsp3) is 0.364. The van der Waals surface area contributed by atoms with Gasteiger partial charge in [-0.25, -0.2) is 0 Å². The van der Waals surface area contributed by atoms with Crippen molar-refractivity contribution in [3.63, 3.8) is 0 Å². The highest BCUT2D eigenvalue weighted by atomic mass is 79.9. The van der Waals surface area contributed by atoms with Gasteiger partial charge in [0.1, 0.15) is 6.04 Å². The molecule has 0 saturated carbocycles. The summed E-state index contributed by atoms with van der Waals surface area (Å²) in [7, 11) is 0. The Balaban J connectivity index is 2.11. The maximum atomic E-state index is 12.0. The van der Waals surface area contributed by atoms with E-state index < -0.39 is 0 Å². The lowest BCUT2D eigenvalue weighted by Crippen LogP contribution is -2.48. The topological polar surface area (TPSA) is 50.4 Å². The van der Waals surface area contributed by atoms with E-state index in [4.69, 9.17) is 4.74 Å². The SMILES string of the molecule is O=C(Nc1c(Br)cc(Br)cc1Br)C1COCCN1.